The first-order valence-electron chi connectivity index (χ1n) is 6.43. The van der Waals surface area contributed by atoms with Crippen LogP contribution in [0.1, 0.15) is 10.4 Å². The molecular formula is C17H12ClNO2. The fourth-order valence-electron chi connectivity index (χ4n) is 2.31. The van der Waals surface area contributed by atoms with Crippen LogP contribution in [-0.4, -0.2) is 17.3 Å². The lowest BCUT2D eigenvalue weighted by Crippen LogP contribution is -1.97. The van der Waals surface area contributed by atoms with Crippen molar-refractivity contribution in [3.8, 4) is 17.0 Å². The predicted molar refractivity (Wildman–Crippen MR) is 83.9 cm³/mol. The molecule has 0 aliphatic carbocycles. The molecule has 2 aromatic carbocycles. The summed E-state index contributed by atoms with van der Waals surface area (Å²) in [5.74, 6) is 0.615. The Kier molecular flexibility index (Phi) is 3.59. The molecule has 4 heteroatoms. The second kappa shape index (κ2) is 5.54. The second-order valence-corrected chi connectivity index (χ2v) is 4.89. The second-order valence-electron chi connectivity index (χ2n) is 4.55. The van der Waals surface area contributed by atoms with Gasteiger partial charge in [0.1, 0.15) is 11.3 Å². The van der Waals surface area contributed by atoms with Crippen molar-refractivity contribution in [1.82, 2.24) is 4.98 Å². The predicted octanol–water partition coefficient (Wildman–Crippen LogP) is 4.29. The van der Waals surface area contributed by atoms with Gasteiger partial charge < -0.3 is 4.74 Å². The number of hydrogen-bond donors (Lipinski definition) is 0. The van der Waals surface area contributed by atoms with Crippen molar-refractivity contribution in [2.75, 3.05) is 7.11 Å². The molecule has 21 heavy (non-hydrogen) atoms. The topological polar surface area (TPSA) is 39.2 Å². The molecule has 0 aliphatic heterocycles. The lowest BCUT2D eigenvalue weighted by Gasteiger charge is -2.10. The number of fused-ring (bicyclic) bond motifs is 1. The summed E-state index contributed by atoms with van der Waals surface area (Å²) in [6, 6.07) is 16.8. The minimum Gasteiger partial charge on any atom is -0.494 e. The molecule has 0 spiro atoms. The molecule has 3 nitrogen and oxygen atoms in total. The number of para-hydroxylation sites is 1. The third-order valence-corrected chi connectivity index (χ3v) is 3.51. The maximum Gasteiger partial charge on any atom is 0.253 e. The zero-order chi connectivity index (χ0) is 14.8. The lowest BCUT2D eigenvalue weighted by atomic mass is 10.0. The van der Waals surface area contributed by atoms with Crippen molar-refractivity contribution >= 4 is 27.7 Å². The summed E-state index contributed by atoms with van der Waals surface area (Å²) in [4.78, 5) is 16.4. The first kappa shape index (κ1) is 13.6. The van der Waals surface area contributed by atoms with Crippen LogP contribution in [0.2, 0.25) is 0 Å². The molecular weight excluding hydrogens is 286 g/mol. The maximum absolute atomic E-state index is 11.7. The number of methoxy groups -OCH3 is 1. The molecule has 0 amide bonds. The average molecular weight is 298 g/mol. The zero-order valence-corrected chi connectivity index (χ0v) is 12.1. The van der Waals surface area contributed by atoms with Gasteiger partial charge in [-0.25, -0.2) is 4.98 Å². The third kappa shape index (κ3) is 2.48. The van der Waals surface area contributed by atoms with Crippen molar-refractivity contribution in [3.05, 3.63) is 60.2 Å². The van der Waals surface area contributed by atoms with Crippen molar-refractivity contribution in [1.29, 1.82) is 0 Å². The van der Waals surface area contributed by atoms with Crippen molar-refractivity contribution in [3.63, 3.8) is 0 Å². The molecule has 1 aromatic heterocycles. The van der Waals surface area contributed by atoms with E-state index >= 15 is 0 Å². The number of pyridine rings is 1. The Hall–Kier alpha value is -2.39. The fourth-order valence-corrected chi connectivity index (χ4v) is 2.46. The summed E-state index contributed by atoms with van der Waals surface area (Å²) in [5.41, 5.74) is 2.67. The van der Waals surface area contributed by atoms with Gasteiger partial charge >= 0.3 is 0 Å². The van der Waals surface area contributed by atoms with Crippen LogP contribution in [0, 0.1) is 0 Å². The van der Waals surface area contributed by atoms with E-state index in [1.54, 1.807) is 13.2 Å². The number of carbonyl (C=O) groups excluding carboxylic acids is 1. The van der Waals surface area contributed by atoms with E-state index in [1.807, 2.05) is 48.5 Å². The molecule has 3 rings (SSSR count). The van der Waals surface area contributed by atoms with Gasteiger partial charge in [0.2, 0.25) is 0 Å². The van der Waals surface area contributed by atoms with Gasteiger partial charge in [0.25, 0.3) is 5.24 Å². The Balaban J connectivity index is 2.36. The number of aromatic nitrogens is 1. The number of hydrogen-bond acceptors (Lipinski definition) is 3. The Bertz CT molecular complexity index is 816. The van der Waals surface area contributed by atoms with Crippen molar-refractivity contribution in [2.45, 2.75) is 0 Å². The Morgan fingerprint density at radius 3 is 2.52 bits per heavy atom. The highest BCUT2D eigenvalue weighted by Crippen LogP contribution is 2.30. The van der Waals surface area contributed by atoms with E-state index in [1.165, 1.54) is 0 Å². The molecule has 0 atom stereocenters. The van der Waals surface area contributed by atoms with Crippen molar-refractivity contribution in [2.24, 2.45) is 0 Å². The molecule has 0 bridgehead atoms. The Morgan fingerprint density at radius 2 is 1.86 bits per heavy atom. The van der Waals surface area contributed by atoms with Crippen LogP contribution in [0.3, 0.4) is 0 Å². The quantitative estimate of drug-likeness (QED) is 0.677. The number of rotatable bonds is 3. The molecule has 0 aliphatic rings. The van der Waals surface area contributed by atoms with Gasteiger partial charge in [0, 0.05) is 16.5 Å². The molecule has 0 unspecified atom stereocenters. The smallest absolute Gasteiger partial charge is 0.253 e. The monoisotopic (exact) mass is 297 g/mol. The SMILES string of the molecule is COc1cccc2c(C(=O)Cl)cc(-c3ccccc3)nc12. The van der Waals surface area contributed by atoms with E-state index in [0.29, 0.717) is 27.9 Å². The summed E-state index contributed by atoms with van der Waals surface area (Å²) in [6.45, 7) is 0. The average Bonchev–Trinajstić information content (AvgIpc) is 2.53. The van der Waals surface area contributed by atoms with Crippen molar-refractivity contribution < 1.29 is 9.53 Å². The minimum absolute atomic E-state index is 0.430. The molecule has 1 heterocycles. The first-order valence-corrected chi connectivity index (χ1v) is 6.81. The van der Waals surface area contributed by atoms with Gasteiger partial charge in [-0.1, -0.05) is 42.5 Å². The van der Waals surface area contributed by atoms with E-state index in [4.69, 9.17) is 16.3 Å². The van der Waals surface area contributed by atoms with Gasteiger partial charge in [-0.05, 0) is 23.7 Å². The minimum atomic E-state index is -0.507. The molecule has 3 aromatic rings. The van der Waals surface area contributed by atoms with Gasteiger partial charge in [-0.15, -0.1) is 0 Å². The Labute approximate surface area is 127 Å². The standard InChI is InChI=1S/C17H12ClNO2/c1-21-15-9-5-8-12-13(17(18)20)10-14(19-16(12)15)11-6-3-2-4-7-11/h2-10H,1H3. The lowest BCUT2D eigenvalue weighted by molar-refractivity contribution is 0.108. The van der Waals surface area contributed by atoms with Crippen LogP contribution in [-0.2, 0) is 0 Å². The molecule has 0 radical (unpaired) electrons. The number of carbonyl (C=O) groups is 1. The van der Waals surface area contributed by atoms with E-state index < -0.39 is 5.24 Å². The van der Waals surface area contributed by atoms with Gasteiger partial charge in [0.15, 0.2) is 0 Å². The van der Waals surface area contributed by atoms with E-state index in [9.17, 15) is 4.79 Å². The van der Waals surface area contributed by atoms with Crippen LogP contribution in [0.25, 0.3) is 22.2 Å². The molecule has 0 N–H and O–H groups in total. The number of ether oxygens (including phenoxy) is 1. The summed E-state index contributed by atoms with van der Waals surface area (Å²) in [5, 5.41) is 0.182. The largest absolute Gasteiger partial charge is 0.494 e. The molecule has 0 saturated heterocycles. The highest BCUT2D eigenvalue weighted by Gasteiger charge is 2.14. The number of halogens is 1. The number of nitrogens with zero attached hydrogens (tertiary/aromatic N) is 1. The molecule has 104 valence electrons. The fraction of sp³-hybridized carbons (Fsp3) is 0.0588. The third-order valence-electron chi connectivity index (χ3n) is 3.30. The van der Waals surface area contributed by atoms with Crippen LogP contribution in [0.15, 0.2) is 54.6 Å². The highest BCUT2D eigenvalue weighted by atomic mass is 35.5. The van der Waals surface area contributed by atoms with Crippen LogP contribution in [0.4, 0.5) is 0 Å². The first-order chi connectivity index (χ1) is 10.2. The van der Waals surface area contributed by atoms with Gasteiger partial charge in [0.05, 0.1) is 12.8 Å². The Morgan fingerprint density at radius 1 is 1.10 bits per heavy atom. The van der Waals surface area contributed by atoms with Crippen LogP contribution < -0.4 is 4.74 Å². The molecule has 0 fully saturated rings. The normalized spacial score (nSPS) is 10.6. The maximum atomic E-state index is 11.7. The van der Waals surface area contributed by atoms with Crippen LogP contribution in [0.5, 0.6) is 5.75 Å². The summed E-state index contributed by atoms with van der Waals surface area (Å²) in [6.07, 6.45) is 0. The van der Waals surface area contributed by atoms with Gasteiger partial charge in [-0.2, -0.15) is 0 Å². The van der Waals surface area contributed by atoms with E-state index in [0.717, 1.165) is 5.56 Å². The van der Waals surface area contributed by atoms with E-state index in [-0.39, 0.29) is 0 Å². The summed E-state index contributed by atoms with van der Waals surface area (Å²) in [7, 11) is 1.58. The van der Waals surface area contributed by atoms with E-state index in [2.05, 4.69) is 4.98 Å². The molecule has 0 saturated carbocycles. The van der Waals surface area contributed by atoms with Gasteiger partial charge in [-0.3, -0.25) is 4.79 Å². The van der Waals surface area contributed by atoms with Crippen LogP contribution >= 0.6 is 11.6 Å². The summed E-state index contributed by atoms with van der Waals surface area (Å²) < 4.78 is 5.34. The highest BCUT2D eigenvalue weighted by molar-refractivity contribution is 6.68. The number of benzene rings is 2. The zero-order valence-electron chi connectivity index (χ0n) is 11.3. The summed E-state index contributed by atoms with van der Waals surface area (Å²) >= 11 is 5.73.